The van der Waals surface area contributed by atoms with Gasteiger partial charge in [0.05, 0.1) is 6.33 Å². The first-order valence-corrected chi connectivity index (χ1v) is 6.33. The Kier molecular flexibility index (Phi) is 6.52. The van der Waals surface area contributed by atoms with E-state index in [1.165, 1.54) is 0 Å². The summed E-state index contributed by atoms with van der Waals surface area (Å²) >= 11 is 0. The summed E-state index contributed by atoms with van der Waals surface area (Å²) in [4.78, 5) is 11.5. The van der Waals surface area contributed by atoms with Gasteiger partial charge in [-0.25, -0.2) is 9.18 Å². The van der Waals surface area contributed by atoms with Crippen LogP contribution in [0.5, 0.6) is 5.75 Å². The van der Waals surface area contributed by atoms with Crippen LogP contribution < -0.4 is 21.1 Å². The molecule has 1 aromatic carbocycles. The van der Waals surface area contributed by atoms with Gasteiger partial charge in [0.15, 0.2) is 0 Å². The van der Waals surface area contributed by atoms with Gasteiger partial charge in [0.2, 0.25) is 0 Å². The Morgan fingerprint density at radius 3 is 2.55 bits per heavy atom. The molecule has 110 valence electrons. The maximum atomic E-state index is 12.3. The Hall–Kier alpha value is -2.08. The summed E-state index contributed by atoms with van der Waals surface area (Å²) in [6.07, 6.45) is 0.451. The van der Waals surface area contributed by atoms with Crippen molar-refractivity contribution in [2.45, 2.75) is 19.9 Å². The Balaban J connectivity index is 2.50. The van der Waals surface area contributed by atoms with Gasteiger partial charge in [0, 0.05) is 23.8 Å². The van der Waals surface area contributed by atoms with Crippen molar-refractivity contribution >= 4 is 11.7 Å². The summed E-state index contributed by atoms with van der Waals surface area (Å²) in [5.41, 5.74) is 6.35. The maximum absolute atomic E-state index is 12.3. The molecule has 0 fully saturated rings. The number of nitrogens with one attached hydrogen (secondary N) is 2. The number of carbonyl (C=O) groups excluding carboxylic acids is 1. The third-order valence-corrected chi connectivity index (χ3v) is 2.37. The van der Waals surface area contributed by atoms with Crippen LogP contribution in [0, 0.1) is 0 Å². The number of nitrogens with two attached hydrogens (primary N) is 1. The molecule has 20 heavy (non-hydrogen) atoms. The van der Waals surface area contributed by atoms with Gasteiger partial charge in [-0.3, -0.25) is 0 Å². The molecule has 4 N–H and O–H groups in total. The van der Waals surface area contributed by atoms with Crippen LogP contribution in [0.3, 0.4) is 0 Å². The van der Waals surface area contributed by atoms with E-state index in [0.29, 0.717) is 23.3 Å². The van der Waals surface area contributed by atoms with E-state index in [4.69, 9.17) is 10.5 Å². The van der Waals surface area contributed by atoms with E-state index < -0.39 is 0 Å². The Bertz CT molecular complexity index is 458. The summed E-state index contributed by atoms with van der Waals surface area (Å²) < 4.78 is 17.7. The van der Waals surface area contributed by atoms with Crippen LogP contribution in [0.15, 0.2) is 36.2 Å². The van der Waals surface area contributed by atoms with E-state index in [1.807, 2.05) is 13.8 Å². The second-order valence-electron chi connectivity index (χ2n) is 4.54. The predicted molar refractivity (Wildman–Crippen MR) is 77.5 cm³/mol. The van der Waals surface area contributed by atoms with Crippen molar-refractivity contribution < 1.29 is 13.9 Å². The van der Waals surface area contributed by atoms with E-state index in [0.717, 1.165) is 0 Å². The van der Waals surface area contributed by atoms with Gasteiger partial charge in [-0.1, -0.05) is 0 Å². The fourth-order valence-corrected chi connectivity index (χ4v) is 1.37. The standard InChI is InChI=1S/C14H20FN3O2/c1-10(2)17-14(19)18-12-3-5-13(6-4-12)20-9-11(7-15)8-16/h3-7,10H,8-9,16H2,1-2H3,(H2,17,18,19)/b11-7+. The highest BCUT2D eigenvalue weighted by atomic mass is 19.1. The van der Waals surface area contributed by atoms with Crippen molar-refractivity contribution in [3.05, 3.63) is 36.2 Å². The summed E-state index contributed by atoms with van der Waals surface area (Å²) in [5.74, 6) is 0.576. The number of amides is 2. The fourth-order valence-electron chi connectivity index (χ4n) is 1.37. The lowest BCUT2D eigenvalue weighted by molar-refractivity contribution is 0.250. The number of rotatable bonds is 6. The van der Waals surface area contributed by atoms with Gasteiger partial charge in [-0.2, -0.15) is 0 Å². The minimum absolute atomic E-state index is 0.0692. The van der Waals surface area contributed by atoms with Crippen molar-refractivity contribution in [1.29, 1.82) is 0 Å². The molecule has 0 aliphatic rings. The van der Waals surface area contributed by atoms with Gasteiger partial charge < -0.3 is 21.1 Å². The minimum atomic E-state index is -0.264. The third kappa shape index (κ3) is 5.71. The molecule has 0 atom stereocenters. The molecule has 1 aromatic rings. The third-order valence-electron chi connectivity index (χ3n) is 2.37. The van der Waals surface area contributed by atoms with E-state index in [2.05, 4.69) is 10.6 Å². The molecule has 0 aliphatic heterocycles. The lowest BCUT2D eigenvalue weighted by atomic mass is 10.3. The van der Waals surface area contributed by atoms with Crippen molar-refractivity contribution in [1.82, 2.24) is 5.32 Å². The molecule has 6 heteroatoms. The van der Waals surface area contributed by atoms with E-state index in [9.17, 15) is 9.18 Å². The Morgan fingerprint density at radius 2 is 2.05 bits per heavy atom. The first-order valence-electron chi connectivity index (χ1n) is 6.33. The molecule has 1 rings (SSSR count). The Labute approximate surface area is 118 Å². The SMILES string of the molecule is CC(C)NC(=O)Nc1ccc(OC/C(=C/F)CN)cc1. The zero-order valence-corrected chi connectivity index (χ0v) is 11.7. The molecule has 0 aromatic heterocycles. The van der Waals surface area contributed by atoms with Crippen molar-refractivity contribution in [3.63, 3.8) is 0 Å². The largest absolute Gasteiger partial charge is 0.489 e. The first-order chi connectivity index (χ1) is 9.55. The van der Waals surface area contributed by atoms with Gasteiger partial charge in [0.1, 0.15) is 12.4 Å². The summed E-state index contributed by atoms with van der Waals surface area (Å²) in [6.45, 7) is 3.98. The van der Waals surface area contributed by atoms with Crippen LogP contribution in [-0.4, -0.2) is 25.2 Å². The molecule has 0 aliphatic carbocycles. The zero-order valence-electron chi connectivity index (χ0n) is 11.7. The average Bonchev–Trinajstić information content (AvgIpc) is 2.40. The monoisotopic (exact) mass is 281 g/mol. The number of benzene rings is 1. The zero-order chi connectivity index (χ0) is 15.0. The molecule has 0 radical (unpaired) electrons. The lowest BCUT2D eigenvalue weighted by Crippen LogP contribution is -2.34. The van der Waals surface area contributed by atoms with E-state index in [-0.39, 0.29) is 25.2 Å². The van der Waals surface area contributed by atoms with Gasteiger partial charge in [0.25, 0.3) is 0 Å². The van der Waals surface area contributed by atoms with Crippen LogP contribution >= 0.6 is 0 Å². The number of anilines is 1. The van der Waals surface area contributed by atoms with Crippen LogP contribution in [0.1, 0.15) is 13.8 Å². The van der Waals surface area contributed by atoms with Crippen LogP contribution in [0.25, 0.3) is 0 Å². The van der Waals surface area contributed by atoms with Crippen LogP contribution in [-0.2, 0) is 0 Å². The molecular formula is C14H20FN3O2. The van der Waals surface area contributed by atoms with Crippen molar-refractivity contribution in [2.24, 2.45) is 5.73 Å². The number of hydrogen-bond donors (Lipinski definition) is 3. The molecule has 0 bridgehead atoms. The molecule has 0 heterocycles. The van der Waals surface area contributed by atoms with Crippen molar-refractivity contribution in [3.8, 4) is 5.75 Å². The average molecular weight is 281 g/mol. The molecule has 0 saturated carbocycles. The topological polar surface area (TPSA) is 76.4 Å². The second-order valence-corrected chi connectivity index (χ2v) is 4.54. The summed E-state index contributed by atoms with van der Waals surface area (Å²) in [7, 11) is 0. The number of halogens is 1. The summed E-state index contributed by atoms with van der Waals surface area (Å²) in [6, 6.07) is 6.60. The Morgan fingerprint density at radius 1 is 1.40 bits per heavy atom. The number of carbonyl (C=O) groups is 1. The van der Waals surface area contributed by atoms with Crippen LogP contribution in [0.4, 0.5) is 14.9 Å². The highest BCUT2D eigenvalue weighted by Gasteiger charge is 2.03. The molecular weight excluding hydrogens is 261 g/mol. The molecule has 0 saturated heterocycles. The smallest absolute Gasteiger partial charge is 0.319 e. The maximum Gasteiger partial charge on any atom is 0.319 e. The first kappa shape index (κ1) is 16.0. The van der Waals surface area contributed by atoms with Gasteiger partial charge in [-0.15, -0.1) is 0 Å². The van der Waals surface area contributed by atoms with Gasteiger partial charge in [-0.05, 0) is 38.1 Å². The number of urea groups is 1. The molecule has 0 spiro atoms. The lowest BCUT2D eigenvalue weighted by Gasteiger charge is -2.11. The van der Waals surface area contributed by atoms with Gasteiger partial charge >= 0.3 is 6.03 Å². The second kappa shape index (κ2) is 8.16. The van der Waals surface area contributed by atoms with Crippen LogP contribution in [0.2, 0.25) is 0 Å². The molecule has 5 nitrogen and oxygen atoms in total. The van der Waals surface area contributed by atoms with Crippen molar-refractivity contribution in [2.75, 3.05) is 18.5 Å². The predicted octanol–water partition coefficient (Wildman–Crippen LogP) is 2.41. The number of ether oxygens (including phenoxy) is 1. The normalized spacial score (nSPS) is 11.3. The quantitative estimate of drug-likeness (QED) is 0.749. The van der Waals surface area contributed by atoms with E-state index in [1.54, 1.807) is 24.3 Å². The minimum Gasteiger partial charge on any atom is -0.489 e. The van der Waals surface area contributed by atoms with E-state index >= 15 is 0 Å². The highest BCUT2D eigenvalue weighted by molar-refractivity contribution is 5.89. The fraction of sp³-hybridized carbons (Fsp3) is 0.357. The molecule has 2 amide bonds. The highest BCUT2D eigenvalue weighted by Crippen LogP contribution is 2.16. The molecule has 0 unspecified atom stereocenters. The number of hydrogen-bond acceptors (Lipinski definition) is 3. The summed E-state index contributed by atoms with van der Waals surface area (Å²) in [5, 5.41) is 5.41.